The molecule has 1 unspecified atom stereocenters. The average molecular weight is 223 g/mol. The smallest absolute Gasteiger partial charge is 0.230 e. The summed E-state index contributed by atoms with van der Waals surface area (Å²) in [6.07, 6.45) is 8.07. The molecule has 16 heavy (non-hydrogen) atoms. The van der Waals surface area contributed by atoms with Crippen LogP contribution in [0.2, 0.25) is 0 Å². The minimum absolute atomic E-state index is 0.186. The molecule has 1 amide bonds. The minimum Gasteiger partial charge on any atom is -0.369 e. The van der Waals surface area contributed by atoms with Crippen LogP contribution in [0, 0.1) is 5.41 Å². The number of hydrogen-bond donors (Lipinski definition) is 2. The highest BCUT2D eigenvalue weighted by atomic mass is 16.7. The maximum atomic E-state index is 11.5. The van der Waals surface area contributed by atoms with Crippen molar-refractivity contribution in [2.45, 2.75) is 12.5 Å². The Kier molecular flexibility index (Phi) is 3.09. The van der Waals surface area contributed by atoms with Crippen LogP contribution in [0.1, 0.15) is 6.42 Å². The largest absolute Gasteiger partial charge is 0.369 e. The number of carbonyl (C=O) groups is 1. The van der Waals surface area contributed by atoms with Crippen LogP contribution >= 0.6 is 0 Å². The van der Waals surface area contributed by atoms with Gasteiger partial charge in [-0.2, -0.15) is 5.06 Å². The van der Waals surface area contributed by atoms with Gasteiger partial charge in [0.1, 0.15) is 0 Å². The van der Waals surface area contributed by atoms with Gasteiger partial charge in [-0.15, -0.1) is 0 Å². The van der Waals surface area contributed by atoms with Crippen LogP contribution in [0.15, 0.2) is 24.3 Å². The van der Waals surface area contributed by atoms with Gasteiger partial charge >= 0.3 is 0 Å². The summed E-state index contributed by atoms with van der Waals surface area (Å²) in [7, 11) is 0. The van der Waals surface area contributed by atoms with Crippen LogP contribution in [-0.4, -0.2) is 36.7 Å². The van der Waals surface area contributed by atoms with Gasteiger partial charge in [0.2, 0.25) is 5.91 Å². The van der Waals surface area contributed by atoms with Crippen molar-refractivity contribution in [2.75, 3.05) is 19.7 Å². The summed E-state index contributed by atoms with van der Waals surface area (Å²) in [5, 5.41) is 1.77. The van der Waals surface area contributed by atoms with Crippen molar-refractivity contribution in [3.63, 3.8) is 0 Å². The van der Waals surface area contributed by atoms with E-state index in [1.807, 2.05) is 24.3 Å². The number of nitrogens with zero attached hydrogens (tertiary/aromatic N) is 1. The monoisotopic (exact) mass is 223 g/mol. The summed E-state index contributed by atoms with van der Waals surface area (Å²) in [6, 6.07) is 0.186. The SMILES string of the molecule is NC(=O)C1(CON2CC(N)C2)C=CC=CC1. The molecule has 1 aliphatic carbocycles. The third-order valence-electron chi connectivity index (χ3n) is 3.02. The van der Waals surface area contributed by atoms with Gasteiger partial charge in [-0.25, -0.2) is 0 Å². The third kappa shape index (κ3) is 2.16. The van der Waals surface area contributed by atoms with Crippen LogP contribution in [0.25, 0.3) is 0 Å². The predicted molar refractivity (Wildman–Crippen MR) is 60.0 cm³/mol. The van der Waals surface area contributed by atoms with Crippen molar-refractivity contribution in [3.05, 3.63) is 24.3 Å². The van der Waals surface area contributed by atoms with Crippen molar-refractivity contribution >= 4 is 5.91 Å². The molecule has 0 aromatic heterocycles. The van der Waals surface area contributed by atoms with Gasteiger partial charge in [-0.1, -0.05) is 24.3 Å². The molecule has 0 aromatic carbocycles. The Labute approximate surface area is 94.7 Å². The molecule has 0 radical (unpaired) electrons. The minimum atomic E-state index is -0.700. The van der Waals surface area contributed by atoms with E-state index >= 15 is 0 Å². The summed E-state index contributed by atoms with van der Waals surface area (Å²) in [5.74, 6) is -0.349. The fourth-order valence-electron chi connectivity index (χ4n) is 1.81. The molecule has 88 valence electrons. The van der Waals surface area contributed by atoms with Gasteiger partial charge < -0.3 is 11.5 Å². The number of amides is 1. The fraction of sp³-hybridized carbons (Fsp3) is 0.545. The molecular formula is C11H17N3O2. The molecule has 1 heterocycles. The lowest BCUT2D eigenvalue weighted by Gasteiger charge is -2.38. The van der Waals surface area contributed by atoms with Crippen LogP contribution in [0.4, 0.5) is 0 Å². The maximum Gasteiger partial charge on any atom is 0.230 e. The second-order valence-corrected chi connectivity index (χ2v) is 4.39. The van der Waals surface area contributed by atoms with E-state index in [9.17, 15) is 4.79 Å². The lowest BCUT2D eigenvalue weighted by Crippen LogP contribution is -2.56. The molecule has 5 nitrogen and oxygen atoms in total. The Balaban J connectivity index is 1.91. The van der Waals surface area contributed by atoms with Crippen LogP contribution in [0.3, 0.4) is 0 Å². The fourth-order valence-corrected chi connectivity index (χ4v) is 1.81. The summed E-state index contributed by atoms with van der Waals surface area (Å²) < 4.78 is 0. The van der Waals surface area contributed by atoms with Gasteiger partial charge in [0.15, 0.2) is 0 Å². The molecule has 4 N–H and O–H groups in total. The quantitative estimate of drug-likeness (QED) is 0.676. The van der Waals surface area contributed by atoms with Crippen LogP contribution < -0.4 is 11.5 Å². The van der Waals surface area contributed by atoms with Crippen molar-refractivity contribution in [1.82, 2.24) is 5.06 Å². The molecular weight excluding hydrogens is 206 g/mol. The highest BCUT2D eigenvalue weighted by Gasteiger charge is 2.36. The van der Waals surface area contributed by atoms with E-state index in [0.29, 0.717) is 19.5 Å². The van der Waals surface area contributed by atoms with E-state index in [0.717, 1.165) is 0 Å². The molecule has 1 atom stereocenters. The molecule has 2 rings (SSSR count). The lowest BCUT2D eigenvalue weighted by atomic mass is 9.82. The van der Waals surface area contributed by atoms with E-state index in [1.165, 1.54) is 0 Å². The first-order valence-corrected chi connectivity index (χ1v) is 5.40. The van der Waals surface area contributed by atoms with E-state index in [2.05, 4.69) is 0 Å². The van der Waals surface area contributed by atoms with Crippen LogP contribution in [0.5, 0.6) is 0 Å². The van der Waals surface area contributed by atoms with E-state index in [-0.39, 0.29) is 18.6 Å². The molecule has 2 aliphatic rings. The van der Waals surface area contributed by atoms with Crippen molar-refractivity contribution in [3.8, 4) is 0 Å². The lowest BCUT2D eigenvalue weighted by molar-refractivity contribution is -0.217. The second kappa shape index (κ2) is 4.37. The van der Waals surface area contributed by atoms with Crippen molar-refractivity contribution in [2.24, 2.45) is 16.9 Å². The Morgan fingerprint density at radius 1 is 1.50 bits per heavy atom. The number of carbonyl (C=O) groups excluding carboxylic acids is 1. The first-order chi connectivity index (χ1) is 7.62. The average Bonchev–Trinajstić information content (AvgIpc) is 2.24. The molecule has 0 bridgehead atoms. The number of hydrogen-bond acceptors (Lipinski definition) is 4. The maximum absolute atomic E-state index is 11.5. The standard InChI is InChI=1S/C11H17N3O2/c12-9-6-14(7-9)16-8-11(10(13)15)4-2-1-3-5-11/h1-4,9H,5-8,12H2,(H2,13,15). The first-order valence-electron chi connectivity index (χ1n) is 5.40. The molecule has 1 fully saturated rings. The molecule has 5 heteroatoms. The Morgan fingerprint density at radius 2 is 2.25 bits per heavy atom. The zero-order valence-corrected chi connectivity index (χ0v) is 9.13. The molecule has 0 saturated carbocycles. The highest BCUT2D eigenvalue weighted by Crippen LogP contribution is 2.28. The van der Waals surface area contributed by atoms with Gasteiger partial charge in [-0.3, -0.25) is 9.63 Å². The zero-order valence-electron chi connectivity index (χ0n) is 9.13. The van der Waals surface area contributed by atoms with E-state index < -0.39 is 5.41 Å². The third-order valence-corrected chi connectivity index (χ3v) is 3.02. The molecule has 1 aliphatic heterocycles. The van der Waals surface area contributed by atoms with E-state index in [1.54, 1.807) is 5.06 Å². The van der Waals surface area contributed by atoms with E-state index in [4.69, 9.17) is 16.3 Å². The Morgan fingerprint density at radius 3 is 2.75 bits per heavy atom. The first kappa shape index (κ1) is 11.3. The summed E-state index contributed by atoms with van der Waals surface area (Å²) in [6.45, 7) is 1.72. The summed E-state index contributed by atoms with van der Waals surface area (Å²) in [5.41, 5.74) is 10.4. The van der Waals surface area contributed by atoms with Crippen LogP contribution in [-0.2, 0) is 9.63 Å². The number of hydroxylamine groups is 2. The van der Waals surface area contributed by atoms with Gasteiger partial charge in [0.25, 0.3) is 0 Å². The number of nitrogens with two attached hydrogens (primary N) is 2. The Hall–Kier alpha value is -1.17. The second-order valence-electron chi connectivity index (χ2n) is 4.39. The normalized spacial score (nSPS) is 30.3. The van der Waals surface area contributed by atoms with Gasteiger partial charge in [0.05, 0.1) is 12.0 Å². The predicted octanol–water partition coefficient (Wildman–Crippen LogP) is -0.451. The highest BCUT2D eigenvalue weighted by molar-refractivity contribution is 5.83. The van der Waals surface area contributed by atoms with Gasteiger partial charge in [0, 0.05) is 19.1 Å². The molecule has 0 aromatic rings. The van der Waals surface area contributed by atoms with Gasteiger partial charge in [-0.05, 0) is 6.42 Å². The summed E-state index contributed by atoms with van der Waals surface area (Å²) in [4.78, 5) is 17.0. The Bertz CT molecular complexity index is 334. The number of rotatable bonds is 4. The molecule has 1 saturated heterocycles. The number of allylic oxidation sites excluding steroid dienone is 3. The summed E-state index contributed by atoms with van der Waals surface area (Å²) >= 11 is 0. The zero-order chi connectivity index (χ0) is 11.6. The van der Waals surface area contributed by atoms with Crippen molar-refractivity contribution < 1.29 is 9.63 Å². The number of primary amides is 1. The topological polar surface area (TPSA) is 81.6 Å². The molecule has 0 spiro atoms. The van der Waals surface area contributed by atoms with Crippen molar-refractivity contribution in [1.29, 1.82) is 0 Å².